The van der Waals surface area contributed by atoms with Crippen molar-refractivity contribution in [3.05, 3.63) is 68.5 Å². The summed E-state index contributed by atoms with van der Waals surface area (Å²) in [6.45, 7) is 5.66. The number of benzene rings is 1. The van der Waals surface area contributed by atoms with E-state index in [1.54, 1.807) is 37.3 Å². The lowest BCUT2D eigenvalue weighted by Gasteiger charge is -2.46. The summed E-state index contributed by atoms with van der Waals surface area (Å²) in [6.07, 6.45) is 0.667. The lowest BCUT2D eigenvalue weighted by molar-refractivity contribution is -0.218. The molecule has 0 bridgehead atoms. The number of nitrogens with zero attached hydrogens (tertiary/aromatic N) is 2. The zero-order valence-corrected chi connectivity index (χ0v) is 17.3. The molecule has 1 aromatic carbocycles. The summed E-state index contributed by atoms with van der Waals surface area (Å²) in [4.78, 5) is 40.8. The number of carbonyl (C=O) groups is 1. The van der Waals surface area contributed by atoms with Crippen molar-refractivity contribution >= 4 is 5.97 Å². The third kappa shape index (κ3) is 4.69. The highest BCUT2D eigenvalue weighted by Gasteiger charge is 2.43. The van der Waals surface area contributed by atoms with E-state index in [0.29, 0.717) is 24.2 Å². The Kier molecular flexibility index (Phi) is 6.55. The molecule has 0 radical (unpaired) electrons. The molecule has 0 amide bonds. The number of aryl methyl sites for hydroxylation is 1. The largest absolute Gasteiger partial charge is 0.459 e. The average molecular weight is 417 g/mol. The van der Waals surface area contributed by atoms with Crippen LogP contribution in [-0.2, 0) is 9.47 Å². The maximum atomic E-state index is 12.4. The number of aliphatic hydroxyl groups is 1. The Morgan fingerprint density at radius 3 is 2.67 bits per heavy atom. The van der Waals surface area contributed by atoms with Gasteiger partial charge in [0.25, 0.3) is 5.56 Å². The van der Waals surface area contributed by atoms with Gasteiger partial charge in [-0.15, -0.1) is 0 Å². The maximum absolute atomic E-state index is 12.4. The van der Waals surface area contributed by atoms with Crippen LogP contribution in [0.2, 0.25) is 0 Å². The molecule has 0 spiro atoms. The summed E-state index contributed by atoms with van der Waals surface area (Å²) in [6, 6.07) is 8.63. The first-order valence-corrected chi connectivity index (χ1v) is 9.81. The van der Waals surface area contributed by atoms with E-state index in [-0.39, 0.29) is 12.6 Å². The first-order chi connectivity index (χ1) is 14.2. The van der Waals surface area contributed by atoms with Gasteiger partial charge in [-0.25, -0.2) is 9.59 Å². The minimum absolute atomic E-state index is 0.0895. The van der Waals surface area contributed by atoms with Crippen LogP contribution in [0.4, 0.5) is 0 Å². The fourth-order valence-corrected chi connectivity index (χ4v) is 3.40. The molecule has 1 fully saturated rings. The van der Waals surface area contributed by atoms with Crippen LogP contribution in [-0.4, -0.2) is 63.5 Å². The van der Waals surface area contributed by atoms with Gasteiger partial charge in [0.1, 0.15) is 12.2 Å². The molecule has 3 rings (SSSR count). The number of rotatable bonds is 6. The molecule has 1 aromatic heterocycles. The van der Waals surface area contributed by atoms with Crippen molar-refractivity contribution in [2.75, 3.05) is 26.3 Å². The van der Waals surface area contributed by atoms with Crippen LogP contribution in [0.15, 0.2) is 46.1 Å². The van der Waals surface area contributed by atoms with E-state index in [4.69, 9.17) is 9.47 Å². The third-order valence-electron chi connectivity index (χ3n) is 5.22. The van der Waals surface area contributed by atoms with Gasteiger partial charge in [0, 0.05) is 30.9 Å². The molecule has 2 N–H and O–H groups in total. The summed E-state index contributed by atoms with van der Waals surface area (Å²) in [5.41, 5.74) is -1.52. The zero-order chi connectivity index (χ0) is 21.9. The summed E-state index contributed by atoms with van der Waals surface area (Å²) < 4.78 is 12.9. The lowest BCUT2D eigenvalue weighted by Crippen LogP contribution is -2.60. The van der Waals surface area contributed by atoms with Gasteiger partial charge in [0.2, 0.25) is 0 Å². The molecule has 9 heteroatoms. The number of H-pyrrole nitrogens is 1. The van der Waals surface area contributed by atoms with Crippen molar-refractivity contribution in [3.63, 3.8) is 0 Å². The number of aromatic nitrogens is 2. The predicted octanol–water partition coefficient (Wildman–Crippen LogP) is 0.672. The van der Waals surface area contributed by atoms with E-state index in [1.165, 1.54) is 10.8 Å². The fraction of sp³-hybridized carbons (Fsp3) is 0.476. The van der Waals surface area contributed by atoms with Crippen molar-refractivity contribution in [1.82, 2.24) is 14.5 Å². The molecule has 0 saturated carbocycles. The summed E-state index contributed by atoms with van der Waals surface area (Å²) >= 11 is 0. The molecule has 1 aliphatic heterocycles. The smallest absolute Gasteiger partial charge is 0.338 e. The highest BCUT2D eigenvalue weighted by Crippen LogP contribution is 2.29. The van der Waals surface area contributed by atoms with Crippen LogP contribution < -0.4 is 11.2 Å². The van der Waals surface area contributed by atoms with Crippen molar-refractivity contribution < 1.29 is 19.4 Å². The number of aromatic amines is 1. The van der Waals surface area contributed by atoms with Gasteiger partial charge >= 0.3 is 11.7 Å². The molecule has 1 aliphatic rings. The SMILES string of the molecule is Cc1cn([C@H]2CN(C(C)C)C[C@@](CO)(COC(=O)c3ccccc3)O2)c(=O)[nH]c1=O. The number of nitrogens with one attached hydrogen (secondary N) is 1. The minimum atomic E-state index is -1.22. The second-order valence-electron chi connectivity index (χ2n) is 7.86. The van der Waals surface area contributed by atoms with Crippen LogP contribution in [0.3, 0.4) is 0 Å². The molecular weight excluding hydrogens is 390 g/mol. The standard InChI is InChI=1S/C21H27N3O6/c1-14(2)23-10-17(24-9-15(3)18(26)22-20(24)28)30-21(11-23,12-25)13-29-19(27)16-7-5-4-6-8-16/h4-9,14,17,25H,10-13H2,1-3H3,(H,22,26,28)/t17-,21-/m1/s1. The minimum Gasteiger partial charge on any atom is -0.459 e. The van der Waals surface area contributed by atoms with Gasteiger partial charge in [-0.05, 0) is 32.9 Å². The highest BCUT2D eigenvalue weighted by molar-refractivity contribution is 5.89. The molecule has 0 aliphatic carbocycles. The number of hydrogen-bond acceptors (Lipinski definition) is 7. The Labute approximate surface area is 173 Å². The van der Waals surface area contributed by atoms with Crippen LogP contribution >= 0.6 is 0 Å². The molecule has 2 aromatic rings. The van der Waals surface area contributed by atoms with Crippen molar-refractivity contribution in [2.24, 2.45) is 0 Å². The average Bonchev–Trinajstić information content (AvgIpc) is 2.75. The van der Waals surface area contributed by atoms with Crippen molar-refractivity contribution in [3.8, 4) is 0 Å². The van der Waals surface area contributed by atoms with Gasteiger partial charge in [-0.3, -0.25) is 19.2 Å². The Balaban J connectivity index is 1.87. The maximum Gasteiger partial charge on any atom is 0.338 e. The third-order valence-corrected chi connectivity index (χ3v) is 5.22. The Morgan fingerprint density at radius 1 is 1.33 bits per heavy atom. The van der Waals surface area contributed by atoms with Gasteiger partial charge < -0.3 is 14.6 Å². The van der Waals surface area contributed by atoms with Crippen LogP contribution in [0.5, 0.6) is 0 Å². The van der Waals surface area contributed by atoms with E-state index < -0.39 is 35.7 Å². The lowest BCUT2D eigenvalue weighted by atomic mass is 10.0. The van der Waals surface area contributed by atoms with E-state index >= 15 is 0 Å². The van der Waals surface area contributed by atoms with Gasteiger partial charge in [0.05, 0.1) is 12.2 Å². The number of aliphatic hydroxyl groups excluding tert-OH is 1. The van der Waals surface area contributed by atoms with E-state index in [2.05, 4.69) is 4.98 Å². The molecule has 30 heavy (non-hydrogen) atoms. The molecule has 2 atom stereocenters. The van der Waals surface area contributed by atoms with E-state index in [9.17, 15) is 19.5 Å². The summed E-state index contributed by atoms with van der Waals surface area (Å²) in [5, 5.41) is 10.2. The normalized spacial score (nSPS) is 22.2. The van der Waals surface area contributed by atoms with Crippen molar-refractivity contribution in [2.45, 2.75) is 38.6 Å². The molecule has 0 unspecified atom stereocenters. The monoisotopic (exact) mass is 417 g/mol. The molecule has 162 valence electrons. The van der Waals surface area contributed by atoms with Crippen molar-refractivity contribution in [1.29, 1.82) is 0 Å². The second-order valence-corrected chi connectivity index (χ2v) is 7.86. The van der Waals surface area contributed by atoms with Crippen LogP contribution in [0, 0.1) is 6.92 Å². The number of ether oxygens (including phenoxy) is 2. The highest BCUT2D eigenvalue weighted by atomic mass is 16.6. The molecule has 2 heterocycles. The van der Waals surface area contributed by atoms with Gasteiger partial charge in [-0.1, -0.05) is 18.2 Å². The zero-order valence-electron chi connectivity index (χ0n) is 17.3. The molecule has 1 saturated heterocycles. The molecule has 9 nitrogen and oxygen atoms in total. The predicted molar refractivity (Wildman–Crippen MR) is 109 cm³/mol. The van der Waals surface area contributed by atoms with Crippen LogP contribution in [0.1, 0.15) is 36.0 Å². The van der Waals surface area contributed by atoms with E-state index in [1.807, 2.05) is 18.7 Å². The Hall–Kier alpha value is -2.75. The first kappa shape index (κ1) is 21.9. The Morgan fingerprint density at radius 2 is 2.03 bits per heavy atom. The fourth-order valence-electron chi connectivity index (χ4n) is 3.40. The van der Waals surface area contributed by atoms with Gasteiger partial charge in [-0.2, -0.15) is 0 Å². The second kappa shape index (κ2) is 8.95. The first-order valence-electron chi connectivity index (χ1n) is 9.81. The summed E-state index contributed by atoms with van der Waals surface area (Å²) in [7, 11) is 0. The van der Waals surface area contributed by atoms with Gasteiger partial charge in [0.15, 0.2) is 6.23 Å². The number of carbonyl (C=O) groups excluding carboxylic acids is 1. The van der Waals surface area contributed by atoms with E-state index in [0.717, 1.165) is 0 Å². The Bertz CT molecular complexity index is 1000. The number of hydrogen-bond donors (Lipinski definition) is 2. The molecular formula is C21H27N3O6. The number of esters is 1. The summed E-state index contributed by atoms with van der Waals surface area (Å²) in [5.74, 6) is -0.526. The number of morpholine rings is 1. The quantitative estimate of drug-likeness (QED) is 0.664. The van der Waals surface area contributed by atoms with Crippen LogP contribution in [0.25, 0.3) is 0 Å². The topological polar surface area (TPSA) is 114 Å².